The zero-order chi connectivity index (χ0) is 7.40. The van der Waals surface area contributed by atoms with Crippen molar-refractivity contribution in [3.05, 3.63) is 0 Å². The monoisotopic (exact) mass is 141 g/mol. The van der Waals surface area contributed by atoms with Crippen LogP contribution in [0.2, 0.25) is 0 Å². The number of guanidine groups is 1. The first-order valence-corrected chi connectivity index (χ1v) is 3.92. The zero-order valence-corrected chi connectivity index (χ0v) is 6.48. The zero-order valence-electron chi connectivity index (χ0n) is 6.48. The van der Waals surface area contributed by atoms with E-state index in [1.165, 1.54) is 12.8 Å². The maximum absolute atomic E-state index is 7.50. The molecule has 0 saturated carbocycles. The largest absolute Gasteiger partial charge is 0.357 e. The van der Waals surface area contributed by atoms with Gasteiger partial charge >= 0.3 is 0 Å². The van der Waals surface area contributed by atoms with Crippen molar-refractivity contribution in [2.75, 3.05) is 19.6 Å². The first-order valence-electron chi connectivity index (χ1n) is 3.92. The molecule has 0 aromatic carbocycles. The summed E-state index contributed by atoms with van der Waals surface area (Å²) < 4.78 is 0. The molecule has 0 radical (unpaired) electrons. The lowest BCUT2D eigenvalue weighted by atomic mass is 10.4. The molecule has 10 heavy (non-hydrogen) atoms. The van der Waals surface area contributed by atoms with Gasteiger partial charge in [-0.25, -0.2) is 0 Å². The quantitative estimate of drug-likeness (QED) is 0.415. The minimum atomic E-state index is 0.597. The number of hydrogen-bond acceptors (Lipinski definition) is 1. The summed E-state index contributed by atoms with van der Waals surface area (Å²) in [6, 6.07) is 0. The van der Waals surface area contributed by atoms with Crippen molar-refractivity contribution in [2.24, 2.45) is 0 Å². The van der Waals surface area contributed by atoms with Crippen molar-refractivity contribution in [1.82, 2.24) is 10.2 Å². The van der Waals surface area contributed by atoms with Crippen molar-refractivity contribution >= 4 is 5.96 Å². The highest BCUT2D eigenvalue weighted by Crippen LogP contribution is 2.05. The Labute approximate surface area is 61.9 Å². The number of likely N-dealkylation sites (tertiary alicyclic amines) is 1. The predicted octanol–water partition coefficient (Wildman–Crippen LogP) is 0.626. The number of rotatable bonds is 1. The molecule has 2 N–H and O–H groups in total. The van der Waals surface area contributed by atoms with E-state index in [1.807, 2.05) is 6.92 Å². The van der Waals surface area contributed by atoms with Crippen LogP contribution in [0.15, 0.2) is 0 Å². The van der Waals surface area contributed by atoms with Gasteiger partial charge in [0.1, 0.15) is 0 Å². The van der Waals surface area contributed by atoms with Crippen molar-refractivity contribution in [3.8, 4) is 0 Å². The second kappa shape index (κ2) is 3.44. The van der Waals surface area contributed by atoms with Gasteiger partial charge in [0, 0.05) is 19.6 Å². The van der Waals surface area contributed by atoms with Gasteiger partial charge in [-0.3, -0.25) is 5.41 Å². The van der Waals surface area contributed by atoms with Gasteiger partial charge in [-0.2, -0.15) is 0 Å². The van der Waals surface area contributed by atoms with Gasteiger partial charge in [0.05, 0.1) is 0 Å². The van der Waals surface area contributed by atoms with E-state index >= 15 is 0 Å². The molecule has 1 heterocycles. The highest BCUT2D eigenvalue weighted by Gasteiger charge is 2.13. The van der Waals surface area contributed by atoms with E-state index in [0.29, 0.717) is 5.96 Å². The van der Waals surface area contributed by atoms with Crippen LogP contribution >= 0.6 is 0 Å². The molecule has 1 aliphatic rings. The van der Waals surface area contributed by atoms with Gasteiger partial charge in [0.25, 0.3) is 0 Å². The second-order valence-electron chi connectivity index (χ2n) is 2.57. The summed E-state index contributed by atoms with van der Waals surface area (Å²) >= 11 is 0. The van der Waals surface area contributed by atoms with E-state index < -0.39 is 0 Å². The average molecular weight is 141 g/mol. The Morgan fingerprint density at radius 1 is 1.50 bits per heavy atom. The molecule has 0 bridgehead atoms. The Balaban J connectivity index is 2.25. The number of hydrogen-bond donors (Lipinski definition) is 2. The van der Waals surface area contributed by atoms with Crippen LogP contribution in [0.4, 0.5) is 0 Å². The minimum Gasteiger partial charge on any atom is -0.357 e. The van der Waals surface area contributed by atoms with Gasteiger partial charge < -0.3 is 10.2 Å². The molecule has 0 unspecified atom stereocenters. The van der Waals surface area contributed by atoms with Crippen molar-refractivity contribution in [2.45, 2.75) is 19.8 Å². The van der Waals surface area contributed by atoms with Crippen LogP contribution < -0.4 is 5.32 Å². The molecule has 0 aromatic heterocycles. The molecule has 1 rings (SSSR count). The van der Waals surface area contributed by atoms with Gasteiger partial charge in [-0.15, -0.1) is 0 Å². The summed E-state index contributed by atoms with van der Waals surface area (Å²) in [5.74, 6) is 0.597. The van der Waals surface area contributed by atoms with Crippen LogP contribution in [-0.4, -0.2) is 30.5 Å². The molecule has 1 fully saturated rings. The Hall–Kier alpha value is -0.730. The minimum absolute atomic E-state index is 0.597. The maximum Gasteiger partial charge on any atom is 0.191 e. The SMILES string of the molecule is CCNC(=N)N1CCCC1. The van der Waals surface area contributed by atoms with Gasteiger partial charge in [-0.1, -0.05) is 0 Å². The predicted molar refractivity (Wildman–Crippen MR) is 42.2 cm³/mol. The first-order chi connectivity index (χ1) is 4.84. The van der Waals surface area contributed by atoms with Gasteiger partial charge in [-0.05, 0) is 19.8 Å². The lowest BCUT2D eigenvalue weighted by Crippen LogP contribution is -2.38. The summed E-state index contributed by atoms with van der Waals surface area (Å²) in [7, 11) is 0. The average Bonchev–Trinajstić information content (AvgIpc) is 2.38. The molecule has 0 atom stereocenters. The van der Waals surface area contributed by atoms with E-state index in [0.717, 1.165) is 19.6 Å². The standard InChI is InChI=1S/C7H15N3/c1-2-9-7(8)10-5-3-4-6-10/h2-6H2,1H3,(H2,8,9). The maximum atomic E-state index is 7.50. The van der Waals surface area contributed by atoms with Crippen LogP contribution in [0.5, 0.6) is 0 Å². The van der Waals surface area contributed by atoms with Crippen LogP contribution in [-0.2, 0) is 0 Å². The normalized spacial score (nSPS) is 17.5. The lowest BCUT2D eigenvalue weighted by Gasteiger charge is -2.18. The second-order valence-corrected chi connectivity index (χ2v) is 2.57. The highest BCUT2D eigenvalue weighted by molar-refractivity contribution is 5.76. The first kappa shape index (κ1) is 7.38. The third-order valence-corrected chi connectivity index (χ3v) is 1.77. The van der Waals surface area contributed by atoms with Crippen LogP contribution in [0.3, 0.4) is 0 Å². The molecule has 3 heteroatoms. The fourth-order valence-corrected chi connectivity index (χ4v) is 1.22. The molecule has 1 saturated heterocycles. The molecule has 0 aliphatic carbocycles. The lowest BCUT2D eigenvalue weighted by molar-refractivity contribution is 0.493. The molecular formula is C7H15N3. The smallest absolute Gasteiger partial charge is 0.191 e. The van der Waals surface area contributed by atoms with Crippen LogP contribution in [0.1, 0.15) is 19.8 Å². The van der Waals surface area contributed by atoms with E-state index in [-0.39, 0.29) is 0 Å². The van der Waals surface area contributed by atoms with Crippen molar-refractivity contribution in [3.63, 3.8) is 0 Å². The van der Waals surface area contributed by atoms with Crippen molar-refractivity contribution < 1.29 is 0 Å². The summed E-state index contributed by atoms with van der Waals surface area (Å²) in [5.41, 5.74) is 0. The fraction of sp³-hybridized carbons (Fsp3) is 0.857. The molecule has 0 amide bonds. The molecule has 58 valence electrons. The summed E-state index contributed by atoms with van der Waals surface area (Å²) in [4.78, 5) is 2.09. The number of nitrogens with zero attached hydrogens (tertiary/aromatic N) is 1. The topological polar surface area (TPSA) is 39.1 Å². The van der Waals surface area contributed by atoms with E-state index in [2.05, 4.69) is 10.2 Å². The Morgan fingerprint density at radius 2 is 2.10 bits per heavy atom. The fourth-order valence-electron chi connectivity index (χ4n) is 1.22. The summed E-state index contributed by atoms with van der Waals surface area (Å²) in [5, 5.41) is 10.5. The number of nitrogens with one attached hydrogen (secondary N) is 2. The van der Waals surface area contributed by atoms with E-state index in [4.69, 9.17) is 5.41 Å². The van der Waals surface area contributed by atoms with Gasteiger partial charge in [0.15, 0.2) is 5.96 Å². The highest BCUT2D eigenvalue weighted by atomic mass is 15.3. The molecule has 3 nitrogen and oxygen atoms in total. The molecular weight excluding hydrogens is 126 g/mol. The Morgan fingerprint density at radius 3 is 2.60 bits per heavy atom. The third kappa shape index (κ3) is 1.62. The summed E-state index contributed by atoms with van der Waals surface area (Å²) in [6.45, 7) is 5.00. The summed E-state index contributed by atoms with van der Waals surface area (Å²) in [6.07, 6.45) is 2.49. The third-order valence-electron chi connectivity index (χ3n) is 1.77. The van der Waals surface area contributed by atoms with Gasteiger partial charge in [0.2, 0.25) is 0 Å². The van der Waals surface area contributed by atoms with Crippen LogP contribution in [0.25, 0.3) is 0 Å². The Kier molecular flexibility index (Phi) is 2.54. The van der Waals surface area contributed by atoms with Crippen LogP contribution in [0, 0.1) is 5.41 Å². The van der Waals surface area contributed by atoms with Crippen molar-refractivity contribution in [1.29, 1.82) is 5.41 Å². The van der Waals surface area contributed by atoms with E-state index in [9.17, 15) is 0 Å². The van der Waals surface area contributed by atoms with E-state index in [1.54, 1.807) is 0 Å². The molecule has 0 spiro atoms. The molecule has 0 aromatic rings. The molecule has 1 aliphatic heterocycles. The Bertz CT molecular complexity index is 116.